The third-order valence-corrected chi connectivity index (χ3v) is 7.93. The molecule has 3 aromatic carbocycles. The lowest BCUT2D eigenvalue weighted by molar-refractivity contribution is -0.141. The Labute approximate surface area is 207 Å². The van der Waals surface area contributed by atoms with Crippen molar-refractivity contribution >= 4 is 32.6 Å². The predicted molar refractivity (Wildman–Crippen MR) is 138 cm³/mol. The molecule has 0 unspecified atom stereocenters. The lowest BCUT2D eigenvalue weighted by Gasteiger charge is -2.32. The molecule has 0 aliphatic rings. The smallest absolute Gasteiger partial charge is 0.243 e. The van der Waals surface area contributed by atoms with Gasteiger partial charge in [0.1, 0.15) is 6.04 Å². The minimum Gasteiger partial charge on any atom is -0.355 e. The Morgan fingerprint density at radius 1 is 0.943 bits per heavy atom. The highest BCUT2D eigenvalue weighted by Crippen LogP contribution is 2.22. The van der Waals surface area contributed by atoms with Crippen LogP contribution in [0.2, 0.25) is 0 Å². The normalized spacial score (nSPS) is 12.5. The SMILES string of the molecule is CCNC(=O)[C@H](CC)N(Cc1ccccc1C)C(=O)CN(C)S(=O)(=O)c1ccc2ccccc2c1. The van der Waals surface area contributed by atoms with Crippen LogP contribution in [-0.2, 0) is 26.2 Å². The third kappa shape index (κ3) is 6.07. The summed E-state index contributed by atoms with van der Waals surface area (Å²) < 4.78 is 27.6. The second-order valence-corrected chi connectivity index (χ2v) is 10.6. The first-order valence-corrected chi connectivity index (χ1v) is 13.2. The maximum Gasteiger partial charge on any atom is 0.243 e. The molecule has 0 spiro atoms. The van der Waals surface area contributed by atoms with Crippen molar-refractivity contribution in [3.63, 3.8) is 0 Å². The molecule has 0 saturated heterocycles. The van der Waals surface area contributed by atoms with Gasteiger partial charge in [-0.3, -0.25) is 9.59 Å². The highest BCUT2D eigenvalue weighted by atomic mass is 32.2. The van der Waals surface area contributed by atoms with E-state index >= 15 is 0 Å². The summed E-state index contributed by atoms with van der Waals surface area (Å²) in [6.45, 7) is 5.89. The van der Waals surface area contributed by atoms with E-state index in [4.69, 9.17) is 0 Å². The fourth-order valence-corrected chi connectivity index (χ4v) is 5.21. The van der Waals surface area contributed by atoms with Crippen LogP contribution in [-0.4, -0.2) is 55.6 Å². The predicted octanol–water partition coefficient (Wildman–Crippen LogP) is 3.71. The molecule has 0 saturated carbocycles. The Hall–Kier alpha value is -3.23. The number of aryl methyl sites for hydroxylation is 1. The molecule has 2 amide bonds. The zero-order valence-electron chi connectivity index (χ0n) is 20.7. The van der Waals surface area contributed by atoms with Crippen LogP contribution in [0.5, 0.6) is 0 Å². The van der Waals surface area contributed by atoms with Gasteiger partial charge in [0.05, 0.1) is 11.4 Å². The maximum atomic E-state index is 13.5. The third-order valence-electron chi connectivity index (χ3n) is 6.13. The van der Waals surface area contributed by atoms with E-state index in [2.05, 4.69) is 5.32 Å². The quantitative estimate of drug-likeness (QED) is 0.465. The van der Waals surface area contributed by atoms with Crippen LogP contribution in [0.1, 0.15) is 31.4 Å². The van der Waals surface area contributed by atoms with Gasteiger partial charge in [-0.2, -0.15) is 4.31 Å². The molecule has 1 atom stereocenters. The zero-order valence-corrected chi connectivity index (χ0v) is 21.5. The second-order valence-electron chi connectivity index (χ2n) is 8.54. The molecule has 0 radical (unpaired) electrons. The average Bonchev–Trinajstić information content (AvgIpc) is 2.84. The average molecular weight is 496 g/mol. The van der Waals surface area contributed by atoms with Crippen LogP contribution in [0.25, 0.3) is 10.8 Å². The van der Waals surface area contributed by atoms with E-state index in [0.717, 1.165) is 26.2 Å². The number of benzene rings is 3. The van der Waals surface area contributed by atoms with Gasteiger partial charge < -0.3 is 10.2 Å². The van der Waals surface area contributed by atoms with Crippen molar-refractivity contribution in [2.24, 2.45) is 0 Å². The van der Waals surface area contributed by atoms with Gasteiger partial charge in [-0.1, -0.05) is 61.5 Å². The van der Waals surface area contributed by atoms with Gasteiger partial charge in [0.25, 0.3) is 0 Å². The molecular weight excluding hydrogens is 462 g/mol. The summed E-state index contributed by atoms with van der Waals surface area (Å²) in [5, 5.41) is 4.53. The lowest BCUT2D eigenvalue weighted by Crippen LogP contribution is -2.51. The first-order valence-electron chi connectivity index (χ1n) is 11.8. The minimum atomic E-state index is -3.92. The number of carbonyl (C=O) groups excluding carboxylic acids is 2. The van der Waals surface area contributed by atoms with E-state index in [0.29, 0.717) is 13.0 Å². The monoisotopic (exact) mass is 495 g/mol. The highest BCUT2D eigenvalue weighted by molar-refractivity contribution is 7.89. The van der Waals surface area contributed by atoms with Crippen LogP contribution in [0.4, 0.5) is 0 Å². The number of carbonyl (C=O) groups is 2. The lowest BCUT2D eigenvalue weighted by atomic mass is 10.1. The molecule has 0 aliphatic carbocycles. The zero-order chi connectivity index (χ0) is 25.6. The topological polar surface area (TPSA) is 86.8 Å². The molecule has 7 nitrogen and oxygen atoms in total. The fraction of sp³-hybridized carbons (Fsp3) is 0.333. The first-order chi connectivity index (χ1) is 16.7. The van der Waals surface area contributed by atoms with Crippen LogP contribution < -0.4 is 5.32 Å². The molecule has 8 heteroatoms. The summed E-state index contributed by atoms with van der Waals surface area (Å²) in [5.74, 6) is -0.685. The Morgan fingerprint density at radius 3 is 2.26 bits per heavy atom. The van der Waals surface area contributed by atoms with Crippen LogP contribution >= 0.6 is 0 Å². The van der Waals surface area contributed by atoms with E-state index in [9.17, 15) is 18.0 Å². The van der Waals surface area contributed by atoms with Gasteiger partial charge in [0.15, 0.2) is 0 Å². The minimum absolute atomic E-state index is 0.118. The maximum absolute atomic E-state index is 13.5. The van der Waals surface area contributed by atoms with Crippen molar-refractivity contribution in [1.29, 1.82) is 0 Å². The van der Waals surface area contributed by atoms with Gasteiger partial charge in [-0.15, -0.1) is 0 Å². The number of hydrogen-bond acceptors (Lipinski definition) is 4. The number of likely N-dealkylation sites (N-methyl/N-ethyl adjacent to an activating group) is 2. The number of sulfonamides is 1. The number of amides is 2. The van der Waals surface area contributed by atoms with Gasteiger partial charge in [-0.25, -0.2) is 8.42 Å². The number of hydrogen-bond donors (Lipinski definition) is 1. The number of fused-ring (bicyclic) bond motifs is 1. The molecular formula is C27H33N3O4S. The van der Waals surface area contributed by atoms with Crippen LogP contribution in [0.15, 0.2) is 71.6 Å². The summed E-state index contributed by atoms with van der Waals surface area (Å²) in [4.78, 5) is 27.9. The Balaban J connectivity index is 1.89. The number of nitrogens with zero attached hydrogens (tertiary/aromatic N) is 2. The van der Waals surface area contributed by atoms with E-state index in [1.807, 2.05) is 69.3 Å². The first kappa shape index (κ1) is 26.4. The Kier molecular flexibility index (Phi) is 8.64. The van der Waals surface area contributed by atoms with E-state index in [1.165, 1.54) is 11.9 Å². The summed E-state index contributed by atoms with van der Waals surface area (Å²) in [6, 6.07) is 19.4. The molecule has 0 bridgehead atoms. The van der Waals surface area contributed by atoms with Gasteiger partial charge in [0, 0.05) is 20.1 Å². The van der Waals surface area contributed by atoms with Crippen LogP contribution in [0.3, 0.4) is 0 Å². The summed E-state index contributed by atoms with van der Waals surface area (Å²) in [5.41, 5.74) is 1.90. The van der Waals surface area contributed by atoms with Gasteiger partial charge >= 0.3 is 0 Å². The largest absolute Gasteiger partial charge is 0.355 e. The molecule has 3 rings (SSSR count). The van der Waals surface area contributed by atoms with Gasteiger partial charge in [-0.05, 0) is 54.3 Å². The van der Waals surface area contributed by atoms with E-state index in [1.54, 1.807) is 18.2 Å². The molecule has 3 aromatic rings. The van der Waals surface area contributed by atoms with E-state index in [-0.39, 0.29) is 23.9 Å². The van der Waals surface area contributed by atoms with Crippen molar-refractivity contribution in [1.82, 2.24) is 14.5 Å². The van der Waals surface area contributed by atoms with Crippen molar-refractivity contribution in [2.45, 2.75) is 44.7 Å². The van der Waals surface area contributed by atoms with E-state index < -0.39 is 22.0 Å². The molecule has 0 aliphatic heterocycles. The Morgan fingerprint density at radius 2 is 1.60 bits per heavy atom. The van der Waals surface area contributed by atoms with Crippen molar-refractivity contribution in [2.75, 3.05) is 20.1 Å². The van der Waals surface area contributed by atoms with Crippen molar-refractivity contribution in [3.8, 4) is 0 Å². The molecule has 186 valence electrons. The number of rotatable bonds is 10. The van der Waals surface area contributed by atoms with Gasteiger partial charge in [0.2, 0.25) is 21.8 Å². The summed E-state index contributed by atoms with van der Waals surface area (Å²) in [7, 11) is -2.53. The standard InChI is InChI=1S/C27H33N3O4S/c1-5-25(27(32)28-6-2)30(18-23-14-8-7-11-20(23)3)26(31)19-29(4)35(33,34)24-16-15-21-12-9-10-13-22(21)17-24/h7-17,25H,5-6,18-19H2,1-4H3,(H,28,32)/t25-/m0/s1. The second kappa shape index (κ2) is 11.5. The summed E-state index contributed by atoms with van der Waals surface area (Å²) >= 11 is 0. The number of nitrogens with one attached hydrogen (secondary N) is 1. The molecule has 0 aromatic heterocycles. The fourth-order valence-electron chi connectivity index (χ4n) is 4.06. The van der Waals surface area contributed by atoms with Crippen molar-refractivity contribution in [3.05, 3.63) is 77.9 Å². The summed E-state index contributed by atoms with van der Waals surface area (Å²) in [6.07, 6.45) is 0.407. The molecule has 0 fully saturated rings. The van der Waals surface area contributed by atoms with Crippen molar-refractivity contribution < 1.29 is 18.0 Å². The Bertz CT molecular complexity index is 1310. The molecule has 1 N–H and O–H groups in total. The molecule has 0 heterocycles. The molecule has 35 heavy (non-hydrogen) atoms. The highest BCUT2D eigenvalue weighted by Gasteiger charge is 2.31. The van der Waals surface area contributed by atoms with Crippen LogP contribution in [0, 0.1) is 6.92 Å².